The van der Waals surface area contributed by atoms with Crippen molar-refractivity contribution in [3.05, 3.63) is 66.4 Å². The fourth-order valence-corrected chi connectivity index (χ4v) is 3.11. The van der Waals surface area contributed by atoms with Crippen LogP contribution in [0.5, 0.6) is 0 Å². The van der Waals surface area contributed by atoms with E-state index < -0.39 is 0 Å². The third kappa shape index (κ3) is 3.85. The molecule has 0 aliphatic heterocycles. The van der Waals surface area contributed by atoms with Crippen molar-refractivity contribution in [2.45, 2.75) is 19.9 Å². The number of carbonyl (C=O) groups excluding carboxylic acids is 1. The quantitative estimate of drug-likeness (QED) is 0.665. The highest BCUT2D eigenvalue weighted by Gasteiger charge is 2.13. The second kappa shape index (κ2) is 7.88. The Morgan fingerprint density at radius 3 is 2.56 bits per heavy atom. The van der Waals surface area contributed by atoms with E-state index in [0.29, 0.717) is 6.54 Å². The Morgan fingerprint density at radius 1 is 1.08 bits per heavy atom. The molecule has 4 heteroatoms. The van der Waals surface area contributed by atoms with Gasteiger partial charge in [-0.1, -0.05) is 36.4 Å². The maximum Gasteiger partial charge on any atom is 0.253 e. The van der Waals surface area contributed by atoms with E-state index in [1.165, 1.54) is 5.69 Å². The van der Waals surface area contributed by atoms with Crippen LogP contribution < -0.4 is 10.2 Å². The minimum atomic E-state index is 0.00534. The Hall–Kier alpha value is -2.75. The van der Waals surface area contributed by atoms with E-state index in [1.807, 2.05) is 42.6 Å². The van der Waals surface area contributed by atoms with Gasteiger partial charge in [-0.2, -0.15) is 0 Å². The van der Waals surface area contributed by atoms with Crippen molar-refractivity contribution in [1.82, 2.24) is 9.88 Å². The number of aromatic nitrogens is 1. The third-order valence-corrected chi connectivity index (χ3v) is 4.53. The van der Waals surface area contributed by atoms with Crippen LogP contribution in [-0.4, -0.2) is 30.6 Å². The standard InChI is InChI=1S/C21H25N3O/c1-3-24-16-19(18-12-7-8-13-20(18)24)21(25)22-14-9-15-23(2)17-10-5-4-6-11-17/h4-8,10-13,16H,3,9,14-15H2,1-2H3,(H,22,25). The fraction of sp³-hybridized carbons (Fsp3) is 0.286. The first kappa shape index (κ1) is 17.1. The molecule has 4 nitrogen and oxygen atoms in total. The van der Waals surface area contributed by atoms with Crippen molar-refractivity contribution in [2.75, 3.05) is 25.0 Å². The zero-order chi connectivity index (χ0) is 17.6. The zero-order valence-corrected chi connectivity index (χ0v) is 14.9. The molecule has 25 heavy (non-hydrogen) atoms. The lowest BCUT2D eigenvalue weighted by atomic mass is 10.1. The Kier molecular flexibility index (Phi) is 5.39. The van der Waals surface area contributed by atoms with Gasteiger partial charge < -0.3 is 14.8 Å². The van der Waals surface area contributed by atoms with Gasteiger partial charge in [0.05, 0.1) is 5.56 Å². The number of hydrogen-bond donors (Lipinski definition) is 1. The molecule has 0 bridgehead atoms. The predicted molar refractivity (Wildman–Crippen MR) is 104 cm³/mol. The number of hydrogen-bond acceptors (Lipinski definition) is 2. The number of amides is 1. The first-order chi connectivity index (χ1) is 12.2. The largest absolute Gasteiger partial charge is 0.375 e. The van der Waals surface area contributed by atoms with Gasteiger partial charge in [0.25, 0.3) is 5.91 Å². The molecule has 0 fully saturated rings. The summed E-state index contributed by atoms with van der Waals surface area (Å²) in [6.07, 6.45) is 2.86. The number of aryl methyl sites for hydroxylation is 1. The van der Waals surface area contributed by atoms with Crippen molar-refractivity contribution in [1.29, 1.82) is 0 Å². The summed E-state index contributed by atoms with van der Waals surface area (Å²) < 4.78 is 2.12. The summed E-state index contributed by atoms with van der Waals surface area (Å²) in [4.78, 5) is 14.8. The number of fused-ring (bicyclic) bond motifs is 1. The minimum absolute atomic E-state index is 0.00534. The zero-order valence-electron chi connectivity index (χ0n) is 14.9. The highest BCUT2D eigenvalue weighted by molar-refractivity contribution is 6.07. The van der Waals surface area contributed by atoms with E-state index in [0.717, 1.165) is 36.0 Å². The Labute approximate surface area is 149 Å². The highest BCUT2D eigenvalue weighted by Crippen LogP contribution is 2.21. The molecule has 0 aliphatic carbocycles. The van der Waals surface area contributed by atoms with Gasteiger partial charge in [0.2, 0.25) is 0 Å². The molecule has 1 amide bonds. The molecule has 0 spiro atoms. The average molecular weight is 335 g/mol. The van der Waals surface area contributed by atoms with E-state index >= 15 is 0 Å². The van der Waals surface area contributed by atoms with E-state index in [-0.39, 0.29) is 5.91 Å². The molecule has 0 radical (unpaired) electrons. The van der Waals surface area contributed by atoms with Gasteiger partial charge in [0.1, 0.15) is 0 Å². The van der Waals surface area contributed by atoms with Gasteiger partial charge in [-0.3, -0.25) is 4.79 Å². The van der Waals surface area contributed by atoms with Crippen molar-refractivity contribution >= 4 is 22.5 Å². The van der Waals surface area contributed by atoms with Crippen molar-refractivity contribution in [3.63, 3.8) is 0 Å². The molecule has 1 aromatic heterocycles. The Balaban J connectivity index is 1.57. The third-order valence-electron chi connectivity index (χ3n) is 4.53. The first-order valence-electron chi connectivity index (χ1n) is 8.83. The first-order valence-corrected chi connectivity index (χ1v) is 8.83. The SMILES string of the molecule is CCn1cc(C(=O)NCCCN(C)c2ccccc2)c2ccccc21. The van der Waals surface area contributed by atoms with Crippen LogP contribution in [0.1, 0.15) is 23.7 Å². The summed E-state index contributed by atoms with van der Waals surface area (Å²) in [5, 5.41) is 4.07. The topological polar surface area (TPSA) is 37.3 Å². The van der Waals surface area contributed by atoms with Crippen LogP contribution >= 0.6 is 0 Å². The molecule has 1 heterocycles. The lowest BCUT2D eigenvalue weighted by Crippen LogP contribution is -2.28. The molecule has 2 aromatic carbocycles. The van der Waals surface area contributed by atoms with Gasteiger partial charge in [0, 0.05) is 49.5 Å². The minimum Gasteiger partial charge on any atom is -0.375 e. The predicted octanol–water partition coefficient (Wildman–Crippen LogP) is 3.92. The van der Waals surface area contributed by atoms with Gasteiger partial charge >= 0.3 is 0 Å². The number of nitrogens with one attached hydrogen (secondary N) is 1. The normalized spacial score (nSPS) is 10.8. The van der Waals surface area contributed by atoms with Gasteiger partial charge in [-0.05, 0) is 31.5 Å². The number of anilines is 1. The average Bonchev–Trinajstić information content (AvgIpc) is 3.04. The molecule has 0 saturated heterocycles. The number of para-hydroxylation sites is 2. The molecule has 0 atom stereocenters. The number of nitrogens with zero attached hydrogens (tertiary/aromatic N) is 2. The molecule has 3 rings (SSSR count). The lowest BCUT2D eigenvalue weighted by molar-refractivity contribution is 0.0955. The van der Waals surface area contributed by atoms with E-state index in [1.54, 1.807) is 0 Å². The fourth-order valence-electron chi connectivity index (χ4n) is 3.11. The van der Waals surface area contributed by atoms with Gasteiger partial charge in [-0.25, -0.2) is 0 Å². The maximum absolute atomic E-state index is 12.6. The molecule has 130 valence electrons. The van der Waals surface area contributed by atoms with Crippen LogP contribution in [0.4, 0.5) is 5.69 Å². The van der Waals surface area contributed by atoms with E-state index in [4.69, 9.17) is 0 Å². The molecule has 3 aromatic rings. The second-order valence-electron chi connectivity index (χ2n) is 6.21. The smallest absolute Gasteiger partial charge is 0.253 e. The van der Waals surface area contributed by atoms with Crippen LogP contribution in [0.2, 0.25) is 0 Å². The summed E-state index contributed by atoms with van der Waals surface area (Å²) in [5.74, 6) is 0.00534. The van der Waals surface area contributed by atoms with Gasteiger partial charge in [-0.15, -0.1) is 0 Å². The lowest BCUT2D eigenvalue weighted by Gasteiger charge is -2.19. The molecular weight excluding hydrogens is 310 g/mol. The summed E-state index contributed by atoms with van der Waals surface area (Å²) in [6.45, 7) is 4.52. The van der Waals surface area contributed by atoms with Crippen molar-refractivity contribution in [3.8, 4) is 0 Å². The molecule has 0 unspecified atom stereocenters. The molecule has 0 saturated carbocycles. The maximum atomic E-state index is 12.6. The summed E-state index contributed by atoms with van der Waals surface area (Å²) in [5.41, 5.74) is 3.06. The number of rotatable bonds is 7. The number of carbonyl (C=O) groups is 1. The van der Waals surface area contributed by atoms with E-state index in [2.05, 4.69) is 47.0 Å². The summed E-state index contributed by atoms with van der Waals surface area (Å²) in [7, 11) is 2.08. The second-order valence-corrected chi connectivity index (χ2v) is 6.21. The van der Waals surface area contributed by atoms with Crippen LogP contribution in [0.15, 0.2) is 60.8 Å². The summed E-state index contributed by atoms with van der Waals surface area (Å²) >= 11 is 0. The molecule has 1 N–H and O–H groups in total. The molecule has 0 aliphatic rings. The van der Waals surface area contributed by atoms with Crippen molar-refractivity contribution in [2.24, 2.45) is 0 Å². The monoisotopic (exact) mass is 335 g/mol. The number of benzene rings is 2. The van der Waals surface area contributed by atoms with Crippen LogP contribution in [-0.2, 0) is 6.54 Å². The van der Waals surface area contributed by atoms with Crippen LogP contribution in [0.25, 0.3) is 10.9 Å². The molecular formula is C21H25N3O. The highest BCUT2D eigenvalue weighted by atomic mass is 16.1. The van der Waals surface area contributed by atoms with Gasteiger partial charge in [0.15, 0.2) is 0 Å². The summed E-state index contributed by atoms with van der Waals surface area (Å²) in [6, 6.07) is 18.3. The van der Waals surface area contributed by atoms with Crippen LogP contribution in [0, 0.1) is 0 Å². The Bertz CT molecular complexity index is 839. The van der Waals surface area contributed by atoms with Crippen LogP contribution in [0.3, 0.4) is 0 Å². The Morgan fingerprint density at radius 2 is 1.80 bits per heavy atom. The van der Waals surface area contributed by atoms with Crippen molar-refractivity contribution < 1.29 is 4.79 Å². The van der Waals surface area contributed by atoms with E-state index in [9.17, 15) is 4.79 Å².